The van der Waals surface area contributed by atoms with Gasteiger partial charge in [0.15, 0.2) is 0 Å². The maximum absolute atomic E-state index is 13.1. The molecule has 2 N–H and O–H groups in total. The highest BCUT2D eigenvalue weighted by atomic mass is 16.2. The summed E-state index contributed by atoms with van der Waals surface area (Å²) in [5.74, 6) is 0.0562. The number of benzene rings is 1. The van der Waals surface area contributed by atoms with E-state index in [-0.39, 0.29) is 5.91 Å². The molecule has 1 unspecified atom stereocenters. The fraction of sp³-hybridized carbons (Fsp3) is 0.346. The molecule has 0 spiro atoms. The second-order valence-corrected chi connectivity index (χ2v) is 9.32. The van der Waals surface area contributed by atoms with Crippen molar-refractivity contribution in [3.05, 3.63) is 70.8 Å². The molecule has 1 fully saturated rings. The maximum atomic E-state index is 13.1. The highest BCUT2D eigenvalue weighted by Gasteiger charge is 2.28. The summed E-state index contributed by atoms with van der Waals surface area (Å²) < 4.78 is 1.68. The molecule has 7 heteroatoms. The van der Waals surface area contributed by atoms with Crippen molar-refractivity contribution in [2.45, 2.75) is 38.8 Å². The second-order valence-electron chi connectivity index (χ2n) is 9.32. The largest absolute Gasteiger partial charge is 0.346 e. The number of nitrogens with one attached hydrogen (secondary N) is 2. The summed E-state index contributed by atoms with van der Waals surface area (Å²) in [6.45, 7) is 4.51. The first kappa shape index (κ1) is 20.2. The van der Waals surface area contributed by atoms with Crippen LogP contribution >= 0.6 is 0 Å². The van der Waals surface area contributed by atoms with Gasteiger partial charge in [-0.25, -0.2) is 4.98 Å². The van der Waals surface area contributed by atoms with Crippen molar-refractivity contribution in [3.63, 3.8) is 0 Å². The number of aromatic amines is 1. The van der Waals surface area contributed by atoms with Gasteiger partial charge in [-0.3, -0.25) is 9.48 Å². The van der Waals surface area contributed by atoms with E-state index in [2.05, 4.69) is 45.5 Å². The highest BCUT2D eigenvalue weighted by Crippen LogP contribution is 2.36. The molecule has 33 heavy (non-hydrogen) atoms. The molecular weight excluding hydrogens is 412 g/mol. The van der Waals surface area contributed by atoms with Gasteiger partial charge in [0.25, 0.3) is 5.91 Å². The summed E-state index contributed by atoms with van der Waals surface area (Å²) in [7, 11) is 1.84. The van der Waals surface area contributed by atoms with E-state index in [4.69, 9.17) is 0 Å². The highest BCUT2D eigenvalue weighted by molar-refractivity contribution is 5.94. The first-order valence-electron chi connectivity index (χ1n) is 11.7. The van der Waals surface area contributed by atoms with Gasteiger partial charge in [0.1, 0.15) is 5.65 Å². The van der Waals surface area contributed by atoms with Crippen LogP contribution in [0.5, 0.6) is 0 Å². The third-order valence-corrected chi connectivity index (χ3v) is 7.12. The van der Waals surface area contributed by atoms with E-state index in [9.17, 15) is 4.79 Å². The first-order valence-corrected chi connectivity index (χ1v) is 11.7. The van der Waals surface area contributed by atoms with E-state index in [1.165, 1.54) is 39.6 Å². The van der Waals surface area contributed by atoms with E-state index >= 15 is 0 Å². The summed E-state index contributed by atoms with van der Waals surface area (Å²) in [5, 5.41) is 9.02. The van der Waals surface area contributed by atoms with Crippen molar-refractivity contribution in [1.29, 1.82) is 0 Å². The summed E-state index contributed by atoms with van der Waals surface area (Å²) >= 11 is 0. The number of pyridine rings is 1. The number of aryl methyl sites for hydroxylation is 2. The minimum Gasteiger partial charge on any atom is -0.346 e. The Hall–Kier alpha value is -3.45. The number of hydrogen-bond donors (Lipinski definition) is 2. The Balaban J connectivity index is 1.40. The zero-order chi connectivity index (χ0) is 22.5. The van der Waals surface area contributed by atoms with E-state index in [0.717, 1.165) is 37.1 Å². The molecule has 0 saturated carbocycles. The lowest BCUT2D eigenvalue weighted by molar-refractivity contribution is 0.0734. The molecule has 2 aliphatic heterocycles. The van der Waals surface area contributed by atoms with Crippen molar-refractivity contribution in [1.82, 2.24) is 30.0 Å². The van der Waals surface area contributed by atoms with Crippen molar-refractivity contribution < 1.29 is 4.79 Å². The Morgan fingerprint density at radius 2 is 2.09 bits per heavy atom. The molecule has 5 heterocycles. The lowest BCUT2D eigenvalue weighted by atomic mass is 9.87. The topological polar surface area (TPSA) is 78.8 Å². The number of carbonyl (C=O) groups is 1. The Morgan fingerprint density at radius 3 is 2.88 bits per heavy atom. The van der Waals surface area contributed by atoms with Crippen molar-refractivity contribution >= 4 is 16.9 Å². The first-order chi connectivity index (χ1) is 16.1. The molecule has 3 aromatic heterocycles. The van der Waals surface area contributed by atoms with Crippen molar-refractivity contribution in [3.8, 4) is 11.1 Å². The predicted octanol–water partition coefficient (Wildman–Crippen LogP) is 3.89. The fourth-order valence-electron chi connectivity index (χ4n) is 5.31. The van der Waals surface area contributed by atoms with Gasteiger partial charge in [0, 0.05) is 55.7 Å². The van der Waals surface area contributed by atoms with Crippen LogP contribution in [-0.4, -0.2) is 43.6 Å². The molecule has 7 nitrogen and oxygen atoms in total. The number of nitrogens with zero attached hydrogens (tertiary/aromatic N) is 4. The van der Waals surface area contributed by atoms with E-state index in [1.54, 1.807) is 17.1 Å². The molecule has 2 aliphatic rings. The van der Waals surface area contributed by atoms with Crippen LogP contribution in [0.2, 0.25) is 0 Å². The van der Waals surface area contributed by atoms with Crippen LogP contribution in [-0.2, 0) is 20.0 Å². The SMILES string of the molecule is Cc1c[nH]c2ncc(-c3cc4c(c(C5CCCN5)c3)CN(C(=O)c3cnn(C)c3)CC4)cc12. The van der Waals surface area contributed by atoms with Crippen LogP contribution in [0.15, 0.2) is 43.0 Å². The Kier molecular flexibility index (Phi) is 4.80. The zero-order valence-corrected chi connectivity index (χ0v) is 19.1. The Bertz CT molecular complexity index is 1360. The second kappa shape index (κ2) is 7.85. The summed E-state index contributed by atoms with van der Waals surface area (Å²) in [5.41, 5.74) is 9.11. The molecule has 0 bridgehead atoms. The summed E-state index contributed by atoms with van der Waals surface area (Å²) in [4.78, 5) is 23.0. The van der Waals surface area contributed by atoms with Gasteiger partial charge in [0.05, 0.1) is 11.8 Å². The Morgan fingerprint density at radius 1 is 1.18 bits per heavy atom. The third kappa shape index (κ3) is 3.53. The van der Waals surface area contributed by atoms with E-state index < -0.39 is 0 Å². The predicted molar refractivity (Wildman–Crippen MR) is 128 cm³/mol. The normalized spacial score (nSPS) is 18.1. The van der Waals surface area contributed by atoms with Gasteiger partial charge in [0.2, 0.25) is 0 Å². The minimum atomic E-state index is 0.0562. The number of amides is 1. The van der Waals surface area contributed by atoms with Crippen molar-refractivity contribution in [2.75, 3.05) is 13.1 Å². The Labute approximate surface area is 192 Å². The van der Waals surface area contributed by atoms with Crippen LogP contribution in [0.4, 0.5) is 0 Å². The molecule has 0 aliphatic carbocycles. The van der Waals surface area contributed by atoms with Crippen LogP contribution in [0, 0.1) is 6.92 Å². The van der Waals surface area contributed by atoms with Crippen LogP contribution in [0.25, 0.3) is 22.2 Å². The smallest absolute Gasteiger partial charge is 0.257 e. The number of carbonyl (C=O) groups excluding carboxylic acids is 1. The van der Waals surface area contributed by atoms with Crippen LogP contribution in [0.3, 0.4) is 0 Å². The summed E-state index contributed by atoms with van der Waals surface area (Å²) in [6.07, 6.45) is 10.6. The van der Waals surface area contributed by atoms with E-state index in [1.807, 2.05) is 24.3 Å². The number of rotatable bonds is 3. The van der Waals surface area contributed by atoms with Gasteiger partial charge in [-0.1, -0.05) is 6.07 Å². The zero-order valence-electron chi connectivity index (χ0n) is 19.1. The third-order valence-electron chi connectivity index (χ3n) is 7.12. The number of hydrogen-bond acceptors (Lipinski definition) is 4. The molecule has 1 amide bonds. The fourth-order valence-corrected chi connectivity index (χ4v) is 5.31. The molecule has 1 atom stereocenters. The molecule has 168 valence electrons. The maximum Gasteiger partial charge on any atom is 0.257 e. The molecule has 1 saturated heterocycles. The molecule has 6 rings (SSSR count). The molecular formula is C26H28N6O. The minimum absolute atomic E-state index is 0.0562. The van der Waals surface area contributed by atoms with Gasteiger partial charge in [-0.2, -0.15) is 5.10 Å². The van der Waals surface area contributed by atoms with Gasteiger partial charge >= 0.3 is 0 Å². The standard InChI is InChI=1S/C26H28N6O/c1-16-11-28-25-21(16)10-19(12-29-25)18-8-17-5-7-32(26(33)20-13-30-31(2)14-20)15-23(17)22(9-18)24-4-3-6-27-24/h8-14,24,27H,3-7,15H2,1-2H3,(H,28,29). The van der Waals surface area contributed by atoms with Gasteiger partial charge in [-0.15, -0.1) is 0 Å². The molecule has 1 aromatic carbocycles. The average Bonchev–Trinajstić information content (AvgIpc) is 3.59. The average molecular weight is 441 g/mol. The van der Waals surface area contributed by atoms with Crippen LogP contribution in [0.1, 0.15) is 51.5 Å². The van der Waals surface area contributed by atoms with Gasteiger partial charge < -0.3 is 15.2 Å². The van der Waals surface area contributed by atoms with Crippen LogP contribution < -0.4 is 5.32 Å². The van der Waals surface area contributed by atoms with Gasteiger partial charge in [-0.05, 0) is 72.7 Å². The number of fused-ring (bicyclic) bond motifs is 2. The van der Waals surface area contributed by atoms with E-state index in [0.29, 0.717) is 18.2 Å². The monoisotopic (exact) mass is 440 g/mol. The quantitative estimate of drug-likeness (QED) is 0.507. The number of aromatic nitrogens is 4. The number of H-pyrrole nitrogens is 1. The molecule has 4 aromatic rings. The molecule has 0 radical (unpaired) electrons. The lowest BCUT2D eigenvalue weighted by Gasteiger charge is -2.32. The van der Waals surface area contributed by atoms with Crippen molar-refractivity contribution in [2.24, 2.45) is 7.05 Å². The summed E-state index contributed by atoms with van der Waals surface area (Å²) in [6, 6.07) is 7.20. The lowest BCUT2D eigenvalue weighted by Crippen LogP contribution is -2.37.